The van der Waals surface area contributed by atoms with Gasteiger partial charge in [0.1, 0.15) is 0 Å². The summed E-state index contributed by atoms with van der Waals surface area (Å²) in [7, 11) is 0. The first-order chi connectivity index (χ1) is 9.49. The van der Waals surface area contributed by atoms with E-state index in [0.717, 1.165) is 9.37 Å². The molecule has 2 rings (SSSR count). The van der Waals surface area contributed by atoms with Gasteiger partial charge in [-0.15, -0.1) is 0 Å². The summed E-state index contributed by atoms with van der Waals surface area (Å²) < 4.78 is 0.800. The van der Waals surface area contributed by atoms with E-state index in [1.54, 1.807) is 19.1 Å². The predicted octanol–water partition coefficient (Wildman–Crippen LogP) is 2.09. The molecule has 0 radical (unpaired) electrons. The molecule has 1 aromatic carbocycles. The first-order valence-electron chi connectivity index (χ1n) is 5.53. The summed E-state index contributed by atoms with van der Waals surface area (Å²) in [6.07, 6.45) is 0. The molecule has 1 heterocycles. The Morgan fingerprint density at radius 3 is 2.90 bits per heavy atom. The molecule has 2 aromatic rings. The third-order valence-electron chi connectivity index (χ3n) is 2.38. The van der Waals surface area contributed by atoms with Gasteiger partial charge in [-0.05, 0) is 25.1 Å². The molecule has 0 saturated heterocycles. The van der Waals surface area contributed by atoms with E-state index in [1.165, 1.54) is 17.8 Å². The lowest BCUT2D eigenvalue weighted by molar-refractivity contribution is 0.318. The van der Waals surface area contributed by atoms with E-state index >= 15 is 0 Å². The standard InChI is InChI=1S/C12H11BrN4O2S/c1-6-4-10(18)16-12(15-6)20-9-3-2-7(13)5-8(9)11(14)17-19/h2-5,19H,1H3,(H2,14,17)(H,15,16,18). The summed E-state index contributed by atoms with van der Waals surface area (Å²) in [4.78, 5) is 19.0. The highest BCUT2D eigenvalue weighted by molar-refractivity contribution is 9.10. The van der Waals surface area contributed by atoms with Crippen molar-refractivity contribution in [1.82, 2.24) is 9.97 Å². The van der Waals surface area contributed by atoms with Gasteiger partial charge in [-0.3, -0.25) is 4.79 Å². The summed E-state index contributed by atoms with van der Waals surface area (Å²) in [5, 5.41) is 12.3. The van der Waals surface area contributed by atoms with Crippen LogP contribution in [0.15, 0.2) is 48.7 Å². The largest absolute Gasteiger partial charge is 0.409 e. The van der Waals surface area contributed by atoms with Crippen LogP contribution in [0.5, 0.6) is 0 Å². The zero-order chi connectivity index (χ0) is 14.7. The second-order valence-electron chi connectivity index (χ2n) is 3.92. The first kappa shape index (κ1) is 14.6. The Labute approximate surface area is 127 Å². The van der Waals surface area contributed by atoms with Gasteiger partial charge in [0, 0.05) is 26.7 Å². The van der Waals surface area contributed by atoms with Crippen molar-refractivity contribution in [2.45, 2.75) is 17.0 Å². The lowest BCUT2D eigenvalue weighted by Crippen LogP contribution is -2.14. The highest BCUT2D eigenvalue weighted by atomic mass is 79.9. The van der Waals surface area contributed by atoms with Crippen molar-refractivity contribution in [3.63, 3.8) is 0 Å². The highest BCUT2D eigenvalue weighted by Crippen LogP contribution is 2.29. The summed E-state index contributed by atoms with van der Waals surface area (Å²) in [5.41, 5.74) is 6.61. The zero-order valence-electron chi connectivity index (χ0n) is 10.4. The molecule has 1 aromatic heterocycles. The average molecular weight is 355 g/mol. The number of hydrogen-bond acceptors (Lipinski definition) is 5. The van der Waals surface area contributed by atoms with Crippen LogP contribution in [0.3, 0.4) is 0 Å². The number of hydrogen-bond donors (Lipinski definition) is 3. The molecular weight excluding hydrogens is 344 g/mol. The van der Waals surface area contributed by atoms with Crippen LogP contribution in [0.4, 0.5) is 0 Å². The highest BCUT2D eigenvalue weighted by Gasteiger charge is 2.11. The van der Waals surface area contributed by atoms with Crippen molar-refractivity contribution in [1.29, 1.82) is 0 Å². The van der Waals surface area contributed by atoms with E-state index in [9.17, 15) is 4.79 Å². The summed E-state index contributed by atoms with van der Waals surface area (Å²) in [6.45, 7) is 1.74. The van der Waals surface area contributed by atoms with Gasteiger partial charge < -0.3 is 15.9 Å². The fourth-order valence-corrected chi connectivity index (χ4v) is 2.87. The molecule has 20 heavy (non-hydrogen) atoms. The quantitative estimate of drug-likeness (QED) is 0.257. The molecule has 0 spiro atoms. The maximum Gasteiger partial charge on any atom is 0.251 e. The summed E-state index contributed by atoms with van der Waals surface area (Å²) in [5.74, 6) is -0.0104. The average Bonchev–Trinajstić information content (AvgIpc) is 2.38. The Balaban J connectivity index is 2.45. The normalized spacial score (nSPS) is 11.6. The van der Waals surface area contributed by atoms with E-state index < -0.39 is 0 Å². The first-order valence-corrected chi connectivity index (χ1v) is 7.14. The number of oxime groups is 1. The number of benzene rings is 1. The van der Waals surface area contributed by atoms with Crippen LogP contribution in [-0.4, -0.2) is 21.0 Å². The number of aromatic nitrogens is 2. The van der Waals surface area contributed by atoms with Crippen LogP contribution >= 0.6 is 27.7 Å². The molecule has 0 saturated carbocycles. The summed E-state index contributed by atoms with van der Waals surface area (Å²) >= 11 is 4.56. The number of nitrogens with one attached hydrogen (secondary N) is 1. The number of H-pyrrole nitrogens is 1. The maximum atomic E-state index is 11.4. The number of rotatable bonds is 3. The van der Waals surface area contributed by atoms with Gasteiger partial charge in [-0.1, -0.05) is 32.8 Å². The Morgan fingerprint density at radius 1 is 1.50 bits per heavy atom. The van der Waals surface area contributed by atoms with Crippen LogP contribution in [0.25, 0.3) is 0 Å². The monoisotopic (exact) mass is 354 g/mol. The number of aryl methyl sites for hydroxylation is 1. The van der Waals surface area contributed by atoms with Gasteiger partial charge in [0.05, 0.1) is 0 Å². The predicted molar refractivity (Wildman–Crippen MR) is 80.4 cm³/mol. The van der Waals surface area contributed by atoms with E-state index in [1.807, 2.05) is 6.07 Å². The van der Waals surface area contributed by atoms with Crippen molar-refractivity contribution < 1.29 is 5.21 Å². The molecular formula is C12H11BrN4O2S. The number of nitrogens with zero attached hydrogens (tertiary/aromatic N) is 2. The van der Waals surface area contributed by atoms with E-state index in [0.29, 0.717) is 16.4 Å². The number of aromatic amines is 1. The molecule has 8 heteroatoms. The van der Waals surface area contributed by atoms with Gasteiger partial charge in [-0.25, -0.2) is 4.98 Å². The molecule has 0 atom stereocenters. The van der Waals surface area contributed by atoms with Crippen LogP contribution in [0, 0.1) is 6.92 Å². The maximum absolute atomic E-state index is 11.4. The van der Waals surface area contributed by atoms with Gasteiger partial charge in [-0.2, -0.15) is 0 Å². The van der Waals surface area contributed by atoms with Crippen molar-refractivity contribution in [3.8, 4) is 0 Å². The second kappa shape index (κ2) is 6.10. The Kier molecular flexibility index (Phi) is 4.46. The smallest absolute Gasteiger partial charge is 0.251 e. The third kappa shape index (κ3) is 3.40. The second-order valence-corrected chi connectivity index (χ2v) is 5.87. The van der Waals surface area contributed by atoms with Crippen molar-refractivity contribution >= 4 is 33.5 Å². The van der Waals surface area contributed by atoms with Gasteiger partial charge in [0.25, 0.3) is 5.56 Å². The minimum Gasteiger partial charge on any atom is -0.409 e. The molecule has 0 aliphatic heterocycles. The minimum atomic E-state index is -0.220. The molecule has 6 nitrogen and oxygen atoms in total. The van der Waals surface area contributed by atoms with Crippen molar-refractivity contribution in [2.24, 2.45) is 10.9 Å². The zero-order valence-corrected chi connectivity index (χ0v) is 12.8. The van der Waals surface area contributed by atoms with Crippen LogP contribution in [-0.2, 0) is 0 Å². The third-order valence-corrected chi connectivity index (χ3v) is 3.84. The molecule has 0 aliphatic carbocycles. The van der Waals surface area contributed by atoms with Crippen LogP contribution in [0.2, 0.25) is 0 Å². The lowest BCUT2D eigenvalue weighted by Gasteiger charge is -2.08. The topological polar surface area (TPSA) is 104 Å². The molecule has 4 N–H and O–H groups in total. The SMILES string of the molecule is Cc1cc(=O)[nH]c(Sc2ccc(Br)cc2/C(N)=N/O)n1. The Morgan fingerprint density at radius 2 is 2.25 bits per heavy atom. The number of halogens is 1. The van der Waals surface area contributed by atoms with E-state index in [4.69, 9.17) is 10.9 Å². The van der Waals surface area contributed by atoms with Crippen LogP contribution in [0.1, 0.15) is 11.3 Å². The molecule has 104 valence electrons. The fraction of sp³-hybridized carbons (Fsp3) is 0.0833. The van der Waals surface area contributed by atoms with Gasteiger partial charge in [0.2, 0.25) is 0 Å². The van der Waals surface area contributed by atoms with Crippen molar-refractivity contribution in [3.05, 3.63) is 50.3 Å². The number of amidine groups is 1. The van der Waals surface area contributed by atoms with Crippen LogP contribution < -0.4 is 11.3 Å². The molecule has 0 bridgehead atoms. The number of nitrogens with two attached hydrogens (primary N) is 1. The van der Waals surface area contributed by atoms with E-state index in [-0.39, 0.29) is 11.4 Å². The van der Waals surface area contributed by atoms with E-state index in [2.05, 4.69) is 31.1 Å². The Bertz CT molecular complexity index is 730. The molecule has 0 fully saturated rings. The molecule has 0 amide bonds. The van der Waals surface area contributed by atoms with Gasteiger partial charge >= 0.3 is 0 Å². The molecule has 0 unspecified atom stereocenters. The minimum absolute atomic E-state index is 0.0104. The fourth-order valence-electron chi connectivity index (χ4n) is 1.55. The molecule has 0 aliphatic rings. The lowest BCUT2D eigenvalue weighted by atomic mass is 10.2. The summed E-state index contributed by atoms with van der Waals surface area (Å²) in [6, 6.07) is 6.76. The van der Waals surface area contributed by atoms with Crippen molar-refractivity contribution in [2.75, 3.05) is 0 Å². The Hall–Kier alpha value is -1.80. The van der Waals surface area contributed by atoms with Gasteiger partial charge in [0.15, 0.2) is 11.0 Å².